The number of hydrogen-bond donors (Lipinski definition) is 2. The van der Waals surface area contributed by atoms with Crippen molar-refractivity contribution in [3.8, 4) is 10.4 Å². The second kappa shape index (κ2) is 3.74. The van der Waals surface area contributed by atoms with Gasteiger partial charge < -0.3 is 10.8 Å². The number of rotatable bonds is 2. The highest BCUT2D eigenvalue weighted by molar-refractivity contribution is 7.17. The standard InChI is InChI=1S/C11H9NO2S/c12-8-3-1-2-7(6-8)9-4-5-10(15-9)11(13)14/h1-6H,12H2,(H,13,14). The van der Waals surface area contributed by atoms with E-state index in [0.717, 1.165) is 10.4 Å². The molecule has 0 aliphatic rings. The van der Waals surface area contributed by atoms with E-state index in [1.165, 1.54) is 11.3 Å². The first-order valence-corrected chi connectivity index (χ1v) is 5.17. The van der Waals surface area contributed by atoms with Crippen molar-refractivity contribution in [2.24, 2.45) is 0 Å². The van der Waals surface area contributed by atoms with E-state index in [0.29, 0.717) is 10.6 Å². The summed E-state index contributed by atoms with van der Waals surface area (Å²) in [7, 11) is 0. The number of anilines is 1. The van der Waals surface area contributed by atoms with Gasteiger partial charge >= 0.3 is 5.97 Å². The summed E-state index contributed by atoms with van der Waals surface area (Å²) < 4.78 is 0. The van der Waals surface area contributed by atoms with Crippen LogP contribution in [-0.2, 0) is 0 Å². The van der Waals surface area contributed by atoms with E-state index >= 15 is 0 Å². The fourth-order valence-electron chi connectivity index (χ4n) is 1.30. The number of carbonyl (C=O) groups is 1. The Hall–Kier alpha value is -1.81. The van der Waals surface area contributed by atoms with Crippen molar-refractivity contribution in [1.82, 2.24) is 0 Å². The molecule has 0 aliphatic heterocycles. The minimum Gasteiger partial charge on any atom is -0.477 e. The van der Waals surface area contributed by atoms with E-state index in [9.17, 15) is 4.79 Å². The van der Waals surface area contributed by atoms with Crippen LogP contribution in [0.4, 0.5) is 5.69 Å². The average Bonchev–Trinajstić information content (AvgIpc) is 2.66. The fraction of sp³-hybridized carbons (Fsp3) is 0. The lowest BCUT2D eigenvalue weighted by Crippen LogP contribution is -1.89. The van der Waals surface area contributed by atoms with Crippen molar-refractivity contribution in [1.29, 1.82) is 0 Å². The number of carboxylic acids is 1. The van der Waals surface area contributed by atoms with Gasteiger partial charge in [0.2, 0.25) is 0 Å². The van der Waals surface area contributed by atoms with Crippen molar-refractivity contribution >= 4 is 23.0 Å². The van der Waals surface area contributed by atoms with Crippen LogP contribution in [0, 0.1) is 0 Å². The topological polar surface area (TPSA) is 63.3 Å². The first kappa shape index (κ1) is 9.73. The minimum absolute atomic E-state index is 0.340. The Labute approximate surface area is 90.8 Å². The molecule has 1 aromatic carbocycles. The smallest absolute Gasteiger partial charge is 0.345 e. The monoisotopic (exact) mass is 219 g/mol. The molecular formula is C11H9NO2S. The molecule has 0 fully saturated rings. The highest BCUT2D eigenvalue weighted by atomic mass is 32.1. The van der Waals surface area contributed by atoms with Crippen molar-refractivity contribution in [2.75, 3.05) is 5.73 Å². The molecule has 3 N–H and O–H groups in total. The lowest BCUT2D eigenvalue weighted by Gasteiger charge is -1.97. The second-order valence-electron chi connectivity index (χ2n) is 3.09. The largest absolute Gasteiger partial charge is 0.477 e. The fourth-order valence-corrected chi connectivity index (χ4v) is 2.14. The predicted octanol–water partition coefficient (Wildman–Crippen LogP) is 2.70. The molecule has 0 saturated heterocycles. The molecule has 2 rings (SSSR count). The summed E-state index contributed by atoms with van der Waals surface area (Å²) in [5, 5.41) is 8.79. The summed E-state index contributed by atoms with van der Waals surface area (Å²) in [6.07, 6.45) is 0. The van der Waals surface area contributed by atoms with Gasteiger partial charge in [-0.15, -0.1) is 11.3 Å². The SMILES string of the molecule is Nc1cccc(-c2ccc(C(=O)O)s2)c1. The molecule has 0 bridgehead atoms. The molecule has 1 heterocycles. The Morgan fingerprint density at radius 1 is 1.27 bits per heavy atom. The average molecular weight is 219 g/mol. The molecule has 0 unspecified atom stereocenters. The molecule has 3 nitrogen and oxygen atoms in total. The molecule has 0 amide bonds. The lowest BCUT2D eigenvalue weighted by molar-refractivity contribution is 0.0702. The molecule has 0 atom stereocenters. The number of thiophene rings is 1. The van der Waals surface area contributed by atoms with E-state index in [4.69, 9.17) is 10.8 Å². The number of aromatic carboxylic acids is 1. The maximum atomic E-state index is 10.7. The summed E-state index contributed by atoms with van der Waals surface area (Å²) in [5.74, 6) is -0.893. The summed E-state index contributed by atoms with van der Waals surface area (Å²) in [6, 6.07) is 10.8. The van der Waals surface area contributed by atoms with Crippen molar-refractivity contribution in [2.45, 2.75) is 0 Å². The van der Waals surface area contributed by atoms with Crippen LogP contribution in [0.15, 0.2) is 36.4 Å². The molecule has 1 aromatic heterocycles. The van der Waals surface area contributed by atoms with Gasteiger partial charge in [0.1, 0.15) is 4.88 Å². The molecule has 76 valence electrons. The van der Waals surface area contributed by atoms with Crippen LogP contribution in [0.2, 0.25) is 0 Å². The molecule has 0 radical (unpaired) electrons. The molecule has 15 heavy (non-hydrogen) atoms. The summed E-state index contributed by atoms with van der Waals surface area (Å²) in [6.45, 7) is 0. The first-order valence-electron chi connectivity index (χ1n) is 4.36. The summed E-state index contributed by atoms with van der Waals surface area (Å²) >= 11 is 1.25. The quantitative estimate of drug-likeness (QED) is 0.763. The van der Waals surface area contributed by atoms with E-state index in [1.54, 1.807) is 18.2 Å². The molecular weight excluding hydrogens is 210 g/mol. The third kappa shape index (κ3) is 1.99. The van der Waals surface area contributed by atoms with Gasteiger partial charge in [0.15, 0.2) is 0 Å². The summed E-state index contributed by atoms with van der Waals surface area (Å²) in [5.41, 5.74) is 7.28. The third-order valence-corrected chi connectivity index (χ3v) is 3.11. The Balaban J connectivity index is 2.41. The van der Waals surface area contributed by atoms with Gasteiger partial charge in [0, 0.05) is 10.6 Å². The maximum Gasteiger partial charge on any atom is 0.345 e. The van der Waals surface area contributed by atoms with E-state index < -0.39 is 5.97 Å². The Morgan fingerprint density at radius 2 is 2.07 bits per heavy atom. The van der Waals surface area contributed by atoms with Crippen LogP contribution >= 0.6 is 11.3 Å². The first-order chi connectivity index (χ1) is 7.16. The number of benzene rings is 1. The van der Waals surface area contributed by atoms with E-state index in [1.807, 2.05) is 18.2 Å². The molecule has 0 spiro atoms. The van der Waals surface area contributed by atoms with Gasteiger partial charge in [-0.3, -0.25) is 0 Å². The lowest BCUT2D eigenvalue weighted by atomic mass is 10.2. The molecule has 0 saturated carbocycles. The summed E-state index contributed by atoms with van der Waals surface area (Å²) in [4.78, 5) is 12.0. The maximum absolute atomic E-state index is 10.7. The number of nitrogens with two attached hydrogens (primary N) is 1. The van der Waals surface area contributed by atoms with Gasteiger partial charge in [-0.05, 0) is 29.8 Å². The van der Waals surface area contributed by atoms with Crippen molar-refractivity contribution in [3.05, 3.63) is 41.3 Å². The van der Waals surface area contributed by atoms with Crippen molar-refractivity contribution < 1.29 is 9.90 Å². The van der Waals surface area contributed by atoms with Gasteiger partial charge in [0.25, 0.3) is 0 Å². The number of hydrogen-bond acceptors (Lipinski definition) is 3. The van der Waals surface area contributed by atoms with Gasteiger partial charge in [0.05, 0.1) is 0 Å². The van der Waals surface area contributed by atoms with Crippen LogP contribution in [0.3, 0.4) is 0 Å². The van der Waals surface area contributed by atoms with Gasteiger partial charge in [-0.1, -0.05) is 12.1 Å². The molecule has 2 aromatic rings. The third-order valence-electron chi connectivity index (χ3n) is 1.99. The van der Waals surface area contributed by atoms with Crippen LogP contribution in [0.1, 0.15) is 9.67 Å². The van der Waals surface area contributed by atoms with Gasteiger partial charge in [-0.25, -0.2) is 4.79 Å². The zero-order chi connectivity index (χ0) is 10.8. The number of nitrogen functional groups attached to an aromatic ring is 1. The van der Waals surface area contributed by atoms with E-state index in [2.05, 4.69) is 0 Å². The van der Waals surface area contributed by atoms with Crippen LogP contribution in [-0.4, -0.2) is 11.1 Å². The predicted molar refractivity (Wildman–Crippen MR) is 61.1 cm³/mol. The van der Waals surface area contributed by atoms with Crippen molar-refractivity contribution in [3.63, 3.8) is 0 Å². The van der Waals surface area contributed by atoms with Crippen LogP contribution in [0.5, 0.6) is 0 Å². The van der Waals surface area contributed by atoms with Crippen LogP contribution < -0.4 is 5.73 Å². The van der Waals surface area contributed by atoms with Gasteiger partial charge in [-0.2, -0.15) is 0 Å². The highest BCUT2D eigenvalue weighted by Crippen LogP contribution is 2.28. The Kier molecular flexibility index (Phi) is 2.43. The minimum atomic E-state index is -0.893. The van der Waals surface area contributed by atoms with Crippen LogP contribution in [0.25, 0.3) is 10.4 Å². The van der Waals surface area contributed by atoms with E-state index in [-0.39, 0.29) is 0 Å². The zero-order valence-electron chi connectivity index (χ0n) is 7.81. The highest BCUT2D eigenvalue weighted by Gasteiger charge is 2.07. The Bertz CT molecular complexity index is 505. The molecule has 4 heteroatoms. The second-order valence-corrected chi connectivity index (χ2v) is 4.18. The zero-order valence-corrected chi connectivity index (χ0v) is 8.62. The normalized spacial score (nSPS) is 10.1. The Morgan fingerprint density at radius 3 is 2.67 bits per heavy atom. The molecule has 0 aliphatic carbocycles. The number of carboxylic acid groups (broad SMARTS) is 1.